The lowest BCUT2D eigenvalue weighted by Gasteiger charge is -2.18. The van der Waals surface area contributed by atoms with Gasteiger partial charge in [0.05, 0.1) is 28.3 Å². The van der Waals surface area contributed by atoms with E-state index in [1.54, 1.807) is 29.5 Å². The van der Waals surface area contributed by atoms with Crippen molar-refractivity contribution in [2.75, 3.05) is 11.9 Å². The van der Waals surface area contributed by atoms with Crippen LogP contribution in [-0.2, 0) is 4.79 Å². The van der Waals surface area contributed by atoms with Crippen LogP contribution in [0.25, 0.3) is 0 Å². The summed E-state index contributed by atoms with van der Waals surface area (Å²) < 4.78 is 0. The Hall–Kier alpha value is -1.85. The van der Waals surface area contributed by atoms with E-state index in [9.17, 15) is 4.79 Å². The molecule has 0 saturated heterocycles. The molecule has 0 aliphatic carbocycles. The molecule has 2 N–H and O–H groups in total. The standard InChI is InChI=1S/C19H16Cl2N2OS/c20-14-8-4-9-15(18(14)21)23-17(24)12-22-19(16-10-5-11-25-16)13-6-2-1-3-7-13/h1-11,19,22H,12H2,(H,23,24)/t19-/m0/s1. The average molecular weight is 391 g/mol. The van der Waals surface area contributed by atoms with Crippen molar-refractivity contribution >= 4 is 46.1 Å². The summed E-state index contributed by atoms with van der Waals surface area (Å²) >= 11 is 13.7. The van der Waals surface area contributed by atoms with Crippen molar-refractivity contribution in [2.24, 2.45) is 0 Å². The highest BCUT2D eigenvalue weighted by Crippen LogP contribution is 2.29. The van der Waals surface area contributed by atoms with Gasteiger partial charge in [0.1, 0.15) is 0 Å². The van der Waals surface area contributed by atoms with Crippen molar-refractivity contribution < 1.29 is 4.79 Å². The lowest BCUT2D eigenvalue weighted by Crippen LogP contribution is -2.31. The summed E-state index contributed by atoms with van der Waals surface area (Å²) in [6, 6.07) is 19.2. The second-order valence-corrected chi connectivity index (χ2v) is 7.15. The molecule has 6 heteroatoms. The maximum Gasteiger partial charge on any atom is 0.238 e. The number of carbonyl (C=O) groups is 1. The Labute approximate surface area is 160 Å². The van der Waals surface area contributed by atoms with E-state index < -0.39 is 0 Å². The van der Waals surface area contributed by atoms with Gasteiger partial charge in [0, 0.05) is 4.88 Å². The van der Waals surface area contributed by atoms with E-state index in [1.807, 2.05) is 41.8 Å². The van der Waals surface area contributed by atoms with Crippen LogP contribution in [0.5, 0.6) is 0 Å². The Morgan fingerprint density at radius 3 is 2.52 bits per heavy atom. The van der Waals surface area contributed by atoms with Gasteiger partial charge in [-0.2, -0.15) is 0 Å². The second kappa shape index (κ2) is 8.50. The van der Waals surface area contributed by atoms with Gasteiger partial charge >= 0.3 is 0 Å². The number of hydrogen-bond donors (Lipinski definition) is 2. The molecule has 128 valence electrons. The molecule has 1 atom stereocenters. The first-order chi connectivity index (χ1) is 12.1. The summed E-state index contributed by atoms with van der Waals surface area (Å²) in [5.41, 5.74) is 1.62. The summed E-state index contributed by atoms with van der Waals surface area (Å²) in [6.07, 6.45) is 0. The third-order valence-electron chi connectivity index (χ3n) is 3.65. The number of halogens is 2. The lowest BCUT2D eigenvalue weighted by atomic mass is 10.1. The normalized spacial score (nSPS) is 11.9. The van der Waals surface area contributed by atoms with Gasteiger partial charge in [-0.25, -0.2) is 0 Å². The quantitative estimate of drug-likeness (QED) is 0.593. The predicted molar refractivity (Wildman–Crippen MR) is 106 cm³/mol. The molecule has 3 rings (SSSR count). The molecule has 0 radical (unpaired) electrons. The predicted octanol–water partition coefficient (Wildman–Crippen LogP) is 5.37. The number of amides is 1. The van der Waals surface area contributed by atoms with E-state index in [0.717, 1.165) is 10.4 Å². The van der Waals surface area contributed by atoms with E-state index in [1.165, 1.54) is 0 Å². The minimum Gasteiger partial charge on any atom is -0.324 e. The number of carbonyl (C=O) groups excluding carboxylic acids is 1. The Morgan fingerprint density at radius 2 is 1.80 bits per heavy atom. The first kappa shape index (κ1) is 18.0. The third-order valence-corrected chi connectivity index (χ3v) is 5.41. The molecule has 0 aliphatic rings. The molecule has 3 aromatic rings. The summed E-state index contributed by atoms with van der Waals surface area (Å²) in [5.74, 6) is -0.179. The fraction of sp³-hybridized carbons (Fsp3) is 0.105. The van der Waals surface area contributed by atoms with E-state index in [-0.39, 0.29) is 18.5 Å². The number of hydrogen-bond acceptors (Lipinski definition) is 3. The van der Waals surface area contributed by atoms with Crippen LogP contribution in [0.4, 0.5) is 5.69 Å². The molecular formula is C19H16Cl2N2OS. The van der Waals surface area contributed by atoms with Crippen LogP contribution < -0.4 is 10.6 Å². The summed E-state index contributed by atoms with van der Waals surface area (Å²) in [6.45, 7) is 0.153. The molecule has 1 aromatic heterocycles. The van der Waals surface area contributed by atoms with Gasteiger partial charge in [0.2, 0.25) is 5.91 Å². The SMILES string of the molecule is O=C(CN[C@@H](c1ccccc1)c1cccs1)Nc1cccc(Cl)c1Cl. The smallest absolute Gasteiger partial charge is 0.238 e. The molecule has 0 bridgehead atoms. The number of nitrogens with one attached hydrogen (secondary N) is 2. The van der Waals surface area contributed by atoms with Crippen molar-refractivity contribution in [1.82, 2.24) is 5.32 Å². The Morgan fingerprint density at radius 1 is 1.00 bits per heavy atom. The first-order valence-corrected chi connectivity index (χ1v) is 9.34. The molecule has 25 heavy (non-hydrogen) atoms. The molecule has 1 heterocycles. The van der Waals surface area contributed by atoms with Gasteiger partial charge in [-0.05, 0) is 29.1 Å². The van der Waals surface area contributed by atoms with Crippen molar-refractivity contribution in [2.45, 2.75) is 6.04 Å². The summed E-state index contributed by atoms with van der Waals surface area (Å²) in [7, 11) is 0. The summed E-state index contributed by atoms with van der Waals surface area (Å²) in [5, 5.41) is 8.88. The van der Waals surface area contributed by atoms with Crippen LogP contribution >= 0.6 is 34.5 Å². The zero-order valence-corrected chi connectivity index (χ0v) is 15.5. The summed E-state index contributed by atoms with van der Waals surface area (Å²) in [4.78, 5) is 13.5. The molecular weight excluding hydrogens is 375 g/mol. The van der Waals surface area contributed by atoms with Crippen molar-refractivity contribution in [3.05, 3.63) is 86.5 Å². The minimum absolute atomic E-state index is 0.0400. The number of anilines is 1. The molecule has 0 spiro atoms. The number of rotatable bonds is 6. The topological polar surface area (TPSA) is 41.1 Å². The maximum absolute atomic E-state index is 12.3. The van der Waals surface area contributed by atoms with Gasteiger partial charge in [-0.3, -0.25) is 10.1 Å². The molecule has 0 fully saturated rings. The van der Waals surface area contributed by atoms with Crippen molar-refractivity contribution in [1.29, 1.82) is 0 Å². The molecule has 0 saturated carbocycles. The minimum atomic E-state index is -0.179. The number of benzene rings is 2. The Balaban J connectivity index is 1.69. The largest absolute Gasteiger partial charge is 0.324 e. The van der Waals surface area contributed by atoms with E-state index in [4.69, 9.17) is 23.2 Å². The van der Waals surface area contributed by atoms with Gasteiger partial charge in [0.15, 0.2) is 0 Å². The fourth-order valence-corrected chi connectivity index (χ4v) is 3.65. The van der Waals surface area contributed by atoms with Gasteiger partial charge in [-0.15, -0.1) is 11.3 Å². The molecule has 2 aromatic carbocycles. The monoisotopic (exact) mass is 390 g/mol. The van der Waals surface area contributed by atoms with Gasteiger partial charge < -0.3 is 5.32 Å². The van der Waals surface area contributed by atoms with E-state index in [2.05, 4.69) is 16.7 Å². The second-order valence-electron chi connectivity index (χ2n) is 5.39. The van der Waals surface area contributed by atoms with Crippen LogP contribution in [0.15, 0.2) is 66.0 Å². The molecule has 0 unspecified atom stereocenters. The van der Waals surface area contributed by atoms with E-state index in [0.29, 0.717) is 15.7 Å². The van der Waals surface area contributed by atoms with Crippen LogP contribution in [0.3, 0.4) is 0 Å². The lowest BCUT2D eigenvalue weighted by molar-refractivity contribution is -0.115. The third kappa shape index (κ3) is 4.61. The van der Waals surface area contributed by atoms with Gasteiger partial charge in [-0.1, -0.05) is 65.7 Å². The van der Waals surface area contributed by atoms with Crippen LogP contribution in [-0.4, -0.2) is 12.5 Å². The average Bonchev–Trinajstić information content (AvgIpc) is 3.14. The fourth-order valence-electron chi connectivity index (χ4n) is 2.47. The highest BCUT2D eigenvalue weighted by atomic mass is 35.5. The van der Waals surface area contributed by atoms with E-state index >= 15 is 0 Å². The first-order valence-electron chi connectivity index (χ1n) is 7.71. The zero-order chi connectivity index (χ0) is 17.6. The highest BCUT2D eigenvalue weighted by Gasteiger charge is 2.16. The maximum atomic E-state index is 12.3. The van der Waals surface area contributed by atoms with Crippen molar-refractivity contribution in [3.8, 4) is 0 Å². The highest BCUT2D eigenvalue weighted by molar-refractivity contribution is 7.10. The van der Waals surface area contributed by atoms with Crippen LogP contribution in [0.1, 0.15) is 16.5 Å². The van der Waals surface area contributed by atoms with Crippen LogP contribution in [0.2, 0.25) is 10.0 Å². The molecule has 1 amide bonds. The Bertz CT molecular complexity index is 838. The zero-order valence-electron chi connectivity index (χ0n) is 13.2. The molecule has 3 nitrogen and oxygen atoms in total. The van der Waals surface area contributed by atoms with Gasteiger partial charge in [0.25, 0.3) is 0 Å². The number of thiophene rings is 1. The molecule has 0 aliphatic heterocycles. The van der Waals surface area contributed by atoms with Crippen molar-refractivity contribution in [3.63, 3.8) is 0 Å². The van der Waals surface area contributed by atoms with Crippen LogP contribution in [0, 0.1) is 0 Å². The Kier molecular flexibility index (Phi) is 6.10.